The van der Waals surface area contributed by atoms with Crippen LogP contribution in [0.2, 0.25) is 0 Å². The van der Waals surface area contributed by atoms with Crippen LogP contribution in [0, 0.1) is 5.82 Å². The predicted molar refractivity (Wildman–Crippen MR) is 110 cm³/mol. The number of pyridine rings is 1. The number of carbonyl (C=O) groups excluding carboxylic acids is 1. The quantitative estimate of drug-likeness (QED) is 0.600. The molecule has 7 heteroatoms. The molecule has 3 rings (SSSR count). The molecule has 1 amide bonds. The van der Waals surface area contributed by atoms with Crippen LogP contribution in [0.5, 0.6) is 11.5 Å². The Morgan fingerprint density at radius 1 is 1.00 bits per heavy atom. The Morgan fingerprint density at radius 3 is 2.34 bits per heavy atom. The number of ether oxygens (including phenoxy) is 2. The number of nitrogens with zero attached hydrogens (tertiary/aromatic N) is 1. The Kier molecular flexibility index (Phi) is 6.63. The van der Waals surface area contributed by atoms with E-state index < -0.39 is 0 Å². The third-order valence-electron chi connectivity index (χ3n) is 4.34. The molecule has 0 unspecified atom stereocenters. The topological polar surface area (TPSA) is 72.5 Å². The summed E-state index contributed by atoms with van der Waals surface area (Å²) in [7, 11) is 2.98. The van der Waals surface area contributed by atoms with Crippen LogP contribution < -0.4 is 20.1 Å². The van der Waals surface area contributed by atoms with Gasteiger partial charge in [0.2, 0.25) is 0 Å². The van der Waals surface area contributed by atoms with Crippen molar-refractivity contribution in [2.45, 2.75) is 6.42 Å². The van der Waals surface area contributed by atoms with Crippen molar-refractivity contribution < 1.29 is 18.7 Å². The van der Waals surface area contributed by atoms with E-state index in [-0.39, 0.29) is 11.7 Å². The summed E-state index contributed by atoms with van der Waals surface area (Å²) in [6.07, 6.45) is 2.16. The van der Waals surface area contributed by atoms with Crippen LogP contribution >= 0.6 is 0 Å². The van der Waals surface area contributed by atoms with E-state index in [2.05, 4.69) is 15.6 Å². The Morgan fingerprint density at radius 2 is 1.72 bits per heavy atom. The van der Waals surface area contributed by atoms with Gasteiger partial charge < -0.3 is 20.1 Å². The lowest BCUT2D eigenvalue weighted by molar-refractivity contribution is 0.102. The van der Waals surface area contributed by atoms with Gasteiger partial charge >= 0.3 is 0 Å². The smallest absolute Gasteiger partial charge is 0.264 e. The SMILES string of the molecule is COc1cccc(OC)c1C(=O)Nc1ccc(NCCc2ccccc2F)cn1. The van der Waals surface area contributed by atoms with Gasteiger partial charge in [0.05, 0.1) is 26.1 Å². The number of amides is 1. The van der Waals surface area contributed by atoms with Crippen LogP contribution in [0.3, 0.4) is 0 Å². The van der Waals surface area contributed by atoms with Crippen LogP contribution in [0.4, 0.5) is 15.9 Å². The van der Waals surface area contributed by atoms with Crippen LogP contribution in [0.1, 0.15) is 15.9 Å². The highest BCUT2D eigenvalue weighted by molar-refractivity contribution is 6.07. The molecule has 2 N–H and O–H groups in total. The minimum atomic E-state index is -0.382. The van der Waals surface area contributed by atoms with E-state index >= 15 is 0 Å². The Hall–Kier alpha value is -3.61. The summed E-state index contributed by atoms with van der Waals surface area (Å²) in [5, 5.41) is 5.92. The molecule has 0 atom stereocenters. The number of hydrogen-bond acceptors (Lipinski definition) is 5. The summed E-state index contributed by atoms with van der Waals surface area (Å²) >= 11 is 0. The third-order valence-corrected chi connectivity index (χ3v) is 4.34. The van der Waals surface area contributed by atoms with Gasteiger partial charge in [-0.05, 0) is 42.3 Å². The van der Waals surface area contributed by atoms with Crippen LogP contribution in [-0.4, -0.2) is 31.7 Å². The highest BCUT2D eigenvalue weighted by atomic mass is 19.1. The van der Waals surface area contributed by atoms with Gasteiger partial charge in [-0.25, -0.2) is 9.37 Å². The molecule has 29 heavy (non-hydrogen) atoms. The van der Waals surface area contributed by atoms with Gasteiger partial charge in [-0.3, -0.25) is 4.79 Å². The van der Waals surface area contributed by atoms with E-state index in [9.17, 15) is 9.18 Å². The van der Waals surface area contributed by atoms with Crippen molar-refractivity contribution in [1.29, 1.82) is 0 Å². The van der Waals surface area contributed by atoms with E-state index in [1.54, 1.807) is 48.7 Å². The van der Waals surface area contributed by atoms with Crippen molar-refractivity contribution >= 4 is 17.4 Å². The molecule has 2 aromatic carbocycles. The van der Waals surface area contributed by atoms with Crippen molar-refractivity contribution in [3.05, 3.63) is 77.7 Å². The van der Waals surface area contributed by atoms with Gasteiger partial charge in [0.15, 0.2) is 0 Å². The lowest BCUT2D eigenvalue weighted by Gasteiger charge is -2.13. The Balaban J connectivity index is 1.61. The van der Waals surface area contributed by atoms with Crippen molar-refractivity contribution in [3.8, 4) is 11.5 Å². The highest BCUT2D eigenvalue weighted by Gasteiger charge is 2.18. The maximum atomic E-state index is 13.6. The molecule has 0 saturated heterocycles. The molecule has 0 bridgehead atoms. The van der Waals surface area contributed by atoms with Gasteiger partial charge in [-0.15, -0.1) is 0 Å². The van der Waals surface area contributed by atoms with E-state index in [4.69, 9.17) is 9.47 Å². The van der Waals surface area contributed by atoms with E-state index in [1.807, 2.05) is 6.07 Å². The average Bonchev–Trinajstić information content (AvgIpc) is 2.75. The molecular weight excluding hydrogens is 373 g/mol. The van der Waals surface area contributed by atoms with Crippen LogP contribution in [-0.2, 0) is 6.42 Å². The number of halogens is 1. The van der Waals surface area contributed by atoms with Crippen LogP contribution in [0.15, 0.2) is 60.8 Å². The zero-order valence-corrected chi connectivity index (χ0v) is 16.2. The molecular formula is C22H22FN3O3. The molecule has 0 aliphatic rings. The van der Waals surface area contributed by atoms with Crippen molar-refractivity contribution in [2.24, 2.45) is 0 Å². The normalized spacial score (nSPS) is 10.3. The third kappa shape index (κ3) is 5.01. The second-order valence-corrected chi connectivity index (χ2v) is 6.19. The molecule has 3 aromatic rings. The number of hydrogen-bond donors (Lipinski definition) is 2. The largest absolute Gasteiger partial charge is 0.496 e. The molecule has 6 nitrogen and oxygen atoms in total. The predicted octanol–water partition coefficient (Wildman–Crippen LogP) is 4.14. The molecule has 150 valence electrons. The first kappa shape index (κ1) is 20.1. The van der Waals surface area contributed by atoms with Gasteiger partial charge in [0.1, 0.15) is 28.7 Å². The number of nitrogens with one attached hydrogen (secondary N) is 2. The van der Waals surface area contributed by atoms with E-state index in [0.717, 1.165) is 5.69 Å². The van der Waals surface area contributed by atoms with Gasteiger partial charge in [0.25, 0.3) is 5.91 Å². The van der Waals surface area contributed by atoms with Gasteiger partial charge in [0, 0.05) is 6.54 Å². The number of benzene rings is 2. The fraction of sp³-hybridized carbons (Fsp3) is 0.182. The van der Waals surface area contributed by atoms with Crippen molar-refractivity contribution in [2.75, 3.05) is 31.4 Å². The lowest BCUT2D eigenvalue weighted by atomic mass is 10.1. The molecule has 0 fully saturated rings. The maximum Gasteiger partial charge on any atom is 0.264 e. The monoisotopic (exact) mass is 395 g/mol. The molecule has 1 heterocycles. The lowest BCUT2D eigenvalue weighted by Crippen LogP contribution is -2.15. The average molecular weight is 395 g/mol. The first-order valence-electron chi connectivity index (χ1n) is 9.08. The Labute approximate surface area is 168 Å². The number of anilines is 2. The summed E-state index contributed by atoms with van der Waals surface area (Å²) in [5.74, 6) is 0.619. The molecule has 0 saturated carbocycles. The highest BCUT2D eigenvalue weighted by Crippen LogP contribution is 2.28. The van der Waals surface area contributed by atoms with Crippen LogP contribution in [0.25, 0.3) is 0 Å². The minimum Gasteiger partial charge on any atom is -0.496 e. The molecule has 0 aliphatic heterocycles. The number of methoxy groups -OCH3 is 2. The zero-order valence-electron chi connectivity index (χ0n) is 16.2. The summed E-state index contributed by atoms with van der Waals surface area (Å²) in [6.45, 7) is 0.562. The van der Waals surface area contributed by atoms with Crippen molar-refractivity contribution in [3.63, 3.8) is 0 Å². The van der Waals surface area contributed by atoms with E-state index in [0.29, 0.717) is 41.4 Å². The fourth-order valence-corrected chi connectivity index (χ4v) is 2.87. The molecule has 1 aromatic heterocycles. The molecule has 0 radical (unpaired) electrons. The van der Waals surface area contributed by atoms with Gasteiger partial charge in [-0.1, -0.05) is 24.3 Å². The standard InChI is InChI=1S/C22H22FN3O3/c1-28-18-8-5-9-19(29-2)21(18)22(27)26-20-11-10-16(14-25-20)24-13-12-15-6-3-4-7-17(15)23/h3-11,14,24H,12-13H2,1-2H3,(H,25,26,27). The second kappa shape index (κ2) is 9.54. The second-order valence-electron chi connectivity index (χ2n) is 6.19. The summed E-state index contributed by atoms with van der Waals surface area (Å²) in [4.78, 5) is 16.9. The Bertz CT molecular complexity index is 955. The fourth-order valence-electron chi connectivity index (χ4n) is 2.87. The summed E-state index contributed by atoms with van der Waals surface area (Å²) in [5.41, 5.74) is 1.73. The summed E-state index contributed by atoms with van der Waals surface area (Å²) in [6, 6.07) is 15.3. The number of aromatic nitrogens is 1. The summed E-state index contributed by atoms with van der Waals surface area (Å²) < 4.78 is 24.2. The minimum absolute atomic E-state index is 0.211. The first-order chi connectivity index (χ1) is 14.1. The van der Waals surface area contributed by atoms with E-state index in [1.165, 1.54) is 20.3 Å². The first-order valence-corrected chi connectivity index (χ1v) is 9.08. The van der Waals surface area contributed by atoms with Crippen molar-refractivity contribution in [1.82, 2.24) is 4.98 Å². The molecule has 0 spiro atoms. The molecule has 0 aliphatic carbocycles. The number of rotatable bonds is 8. The number of carbonyl (C=O) groups is 1. The zero-order chi connectivity index (χ0) is 20.6. The van der Waals surface area contributed by atoms with Gasteiger partial charge in [-0.2, -0.15) is 0 Å². The maximum absolute atomic E-state index is 13.6.